The van der Waals surface area contributed by atoms with Crippen molar-refractivity contribution in [3.05, 3.63) is 64.8 Å². The molecule has 8 heteroatoms. The molecule has 0 aliphatic rings. The van der Waals surface area contributed by atoms with Gasteiger partial charge in [-0.05, 0) is 39.0 Å². The largest absolute Gasteiger partial charge is 0.464 e. The number of aromatic nitrogens is 1. The Bertz CT molecular complexity index is 1150. The number of carbonyl (C=O) groups is 3. The summed E-state index contributed by atoms with van der Waals surface area (Å²) < 4.78 is 11.5. The first-order chi connectivity index (χ1) is 14.6. The van der Waals surface area contributed by atoms with Crippen molar-refractivity contribution in [2.24, 2.45) is 0 Å². The number of carbonyl (C=O) groups excluding carboxylic acids is 3. The highest BCUT2D eigenvalue weighted by Gasteiger charge is 2.30. The number of anilines is 1. The average Bonchev–Trinajstić information content (AvgIpc) is 3.04. The molecule has 0 bridgehead atoms. The lowest BCUT2D eigenvalue weighted by Gasteiger charge is -2.20. The van der Waals surface area contributed by atoms with Gasteiger partial charge in [0.1, 0.15) is 5.60 Å². The molecular formula is C23H23ClN2O5. The van der Waals surface area contributed by atoms with E-state index in [4.69, 9.17) is 21.1 Å². The van der Waals surface area contributed by atoms with Gasteiger partial charge in [-0.3, -0.25) is 4.79 Å². The molecule has 162 valence electrons. The zero-order chi connectivity index (χ0) is 22.8. The highest BCUT2D eigenvalue weighted by molar-refractivity contribution is 6.31. The van der Waals surface area contributed by atoms with Gasteiger partial charge < -0.3 is 14.8 Å². The normalized spacial score (nSPS) is 11.3. The first kappa shape index (κ1) is 22.4. The minimum Gasteiger partial charge on any atom is -0.464 e. The number of hydrogen-bond acceptors (Lipinski definition) is 6. The van der Waals surface area contributed by atoms with Crippen LogP contribution in [0.3, 0.4) is 0 Å². The SMILES string of the molecule is COC(=O)c1c(NCC(=O)c2ccccc2)c2ccc(Cl)cc2n1C(=O)OC(C)(C)C. The standard InChI is InChI=1S/C23H23ClN2O5/c1-23(2,3)31-22(29)26-17-12-15(24)10-11-16(17)19(20(26)21(28)30-4)25-13-18(27)14-8-6-5-7-9-14/h5-12,25H,13H2,1-4H3. The van der Waals surface area contributed by atoms with Crippen LogP contribution in [0, 0.1) is 0 Å². The topological polar surface area (TPSA) is 86.6 Å². The van der Waals surface area contributed by atoms with Crippen LogP contribution in [0.15, 0.2) is 48.5 Å². The summed E-state index contributed by atoms with van der Waals surface area (Å²) in [6.45, 7) is 5.07. The fourth-order valence-electron chi connectivity index (χ4n) is 3.12. The van der Waals surface area contributed by atoms with E-state index in [1.54, 1.807) is 63.2 Å². The molecule has 0 radical (unpaired) electrons. The summed E-state index contributed by atoms with van der Waals surface area (Å²) in [4.78, 5) is 38.3. The molecule has 7 nitrogen and oxygen atoms in total. The van der Waals surface area contributed by atoms with Gasteiger partial charge in [-0.25, -0.2) is 14.2 Å². The van der Waals surface area contributed by atoms with Crippen LogP contribution in [-0.2, 0) is 9.47 Å². The van der Waals surface area contributed by atoms with Crippen LogP contribution in [0.25, 0.3) is 10.9 Å². The summed E-state index contributed by atoms with van der Waals surface area (Å²) in [5, 5.41) is 3.90. The van der Waals surface area contributed by atoms with Crippen molar-refractivity contribution in [2.75, 3.05) is 19.0 Å². The fraction of sp³-hybridized carbons (Fsp3) is 0.261. The van der Waals surface area contributed by atoms with Crippen LogP contribution in [0.5, 0.6) is 0 Å². The predicted octanol–water partition coefficient (Wildman–Crippen LogP) is 5.16. The third-order valence-corrected chi connectivity index (χ3v) is 4.64. The number of fused-ring (bicyclic) bond motifs is 1. The molecule has 0 unspecified atom stereocenters. The van der Waals surface area contributed by atoms with E-state index < -0.39 is 17.7 Å². The number of hydrogen-bond donors (Lipinski definition) is 1. The smallest absolute Gasteiger partial charge is 0.419 e. The maximum atomic E-state index is 13.0. The van der Waals surface area contributed by atoms with Gasteiger partial charge in [0.15, 0.2) is 11.5 Å². The summed E-state index contributed by atoms with van der Waals surface area (Å²) in [7, 11) is 1.21. The van der Waals surface area contributed by atoms with Crippen LogP contribution in [0.1, 0.15) is 41.6 Å². The monoisotopic (exact) mass is 442 g/mol. The van der Waals surface area contributed by atoms with Crippen molar-refractivity contribution in [1.29, 1.82) is 0 Å². The van der Waals surface area contributed by atoms with Gasteiger partial charge in [0.05, 0.1) is 24.9 Å². The molecule has 0 aliphatic heterocycles. The van der Waals surface area contributed by atoms with Gasteiger partial charge in [0, 0.05) is 16.0 Å². The molecule has 1 N–H and O–H groups in total. The molecule has 0 amide bonds. The molecule has 0 atom stereocenters. The predicted molar refractivity (Wildman–Crippen MR) is 119 cm³/mol. The highest BCUT2D eigenvalue weighted by atomic mass is 35.5. The lowest BCUT2D eigenvalue weighted by atomic mass is 10.1. The second-order valence-electron chi connectivity index (χ2n) is 7.84. The number of ether oxygens (including phenoxy) is 2. The van der Waals surface area contributed by atoms with E-state index >= 15 is 0 Å². The van der Waals surface area contributed by atoms with Crippen molar-refractivity contribution in [1.82, 2.24) is 4.57 Å². The zero-order valence-corrected chi connectivity index (χ0v) is 18.4. The number of Topliss-reactive ketones (excluding diaryl/α,β-unsaturated/α-hetero) is 1. The molecule has 3 aromatic rings. The van der Waals surface area contributed by atoms with Crippen molar-refractivity contribution < 1.29 is 23.9 Å². The zero-order valence-electron chi connectivity index (χ0n) is 17.7. The summed E-state index contributed by atoms with van der Waals surface area (Å²) in [6, 6.07) is 13.6. The van der Waals surface area contributed by atoms with Crippen LogP contribution in [-0.4, -0.2) is 41.7 Å². The summed E-state index contributed by atoms with van der Waals surface area (Å²) in [5.41, 5.74) is 0.296. The minimum absolute atomic E-state index is 0.0742. The number of benzene rings is 2. The van der Waals surface area contributed by atoms with Crippen molar-refractivity contribution in [3.63, 3.8) is 0 Å². The van der Waals surface area contributed by atoms with Crippen LogP contribution in [0.2, 0.25) is 5.02 Å². The van der Waals surface area contributed by atoms with Gasteiger partial charge >= 0.3 is 12.1 Å². The molecule has 2 aromatic carbocycles. The number of halogens is 1. The van der Waals surface area contributed by atoms with E-state index in [-0.39, 0.29) is 23.7 Å². The molecule has 0 aliphatic carbocycles. The van der Waals surface area contributed by atoms with Gasteiger partial charge in [0.2, 0.25) is 0 Å². The van der Waals surface area contributed by atoms with E-state index in [1.807, 2.05) is 6.07 Å². The van der Waals surface area contributed by atoms with E-state index in [2.05, 4.69) is 5.32 Å². The van der Waals surface area contributed by atoms with Crippen LogP contribution < -0.4 is 5.32 Å². The molecule has 3 rings (SSSR count). The van der Waals surface area contributed by atoms with Gasteiger partial charge in [-0.1, -0.05) is 41.9 Å². The Morgan fingerprint density at radius 3 is 2.35 bits per heavy atom. The van der Waals surface area contributed by atoms with Gasteiger partial charge in [-0.2, -0.15) is 0 Å². The molecule has 1 aromatic heterocycles. The van der Waals surface area contributed by atoms with Crippen LogP contribution in [0.4, 0.5) is 10.5 Å². The Morgan fingerprint density at radius 1 is 1.06 bits per heavy atom. The Morgan fingerprint density at radius 2 is 1.74 bits per heavy atom. The number of ketones is 1. The quantitative estimate of drug-likeness (QED) is 0.434. The lowest BCUT2D eigenvalue weighted by Crippen LogP contribution is -2.29. The molecule has 0 saturated heterocycles. The Balaban J connectivity index is 2.12. The number of nitrogens with zero attached hydrogens (tertiary/aromatic N) is 1. The van der Waals surface area contributed by atoms with Crippen molar-refractivity contribution in [2.45, 2.75) is 26.4 Å². The number of esters is 1. The molecule has 0 saturated carbocycles. The van der Waals surface area contributed by atoms with Crippen LogP contribution >= 0.6 is 11.6 Å². The van der Waals surface area contributed by atoms with Crippen molar-refractivity contribution >= 4 is 46.0 Å². The molecule has 31 heavy (non-hydrogen) atoms. The summed E-state index contributed by atoms with van der Waals surface area (Å²) >= 11 is 6.15. The second kappa shape index (κ2) is 8.81. The maximum Gasteiger partial charge on any atom is 0.419 e. The Kier molecular flexibility index (Phi) is 6.36. The third kappa shape index (κ3) is 4.88. The molecule has 1 heterocycles. The summed E-state index contributed by atoms with van der Waals surface area (Å²) in [5.74, 6) is -0.934. The molecule has 0 fully saturated rings. The Labute approximate surface area is 184 Å². The molecule has 0 spiro atoms. The maximum absolute atomic E-state index is 13.0. The first-order valence-electron chi connectivity index (χ1n) is 9.60. The van der Waals surface area contributed by atoms with E-state index in [0.717, 1.165) is 4.57 Å². The first-order valence-corrected chi connectivity index (χ1v) is 9.98. The number of nitrogens with one attached hydrogen (secondary N) is 1. The van der Waals surface area contributed by atoms with Gasteiger partial charge in [0.25, 0.3) is 0 Å². The fourth-order valence-corrected chi connectivity index (χ4v) is 3.29. The van der Waals surface area contributed by atoms with E-state index in [0.29, 0.717) is 21.5 Å². The average molecular weight is 443 g/mol. The third-order valence-electron chi connectivity index (χ3n) is 4.41. The van der Waals surface area contributed by atoms with Gasteiger partial charge in [-0.15, -0.1) is 0 Å². The second-order valence-corrected chi connectivity index (χ2v) is 8.27. The Hall–Kier alpha value is -3.32. The summed E-state index contributed by atoms with van der Waals surface area (Å²) in [6.07, 6.45) is -0.761. The highest BCUT2D eigenvalue weighted by Crippen LogP contribution is 2.34. The number of rotatable bonds is 5. The lowest BCUT2D eigenvalue weighted by molar-refractivity contribution is 0.0490. The molecular weight excluding hydrogens is 420 g/mol. The minimum atomic E-state index is -0.795. The number of methoxy groups -OCH3 is 1. The van der Waals surface area contributed by atoms with E-state index in [9.17, 15) is 14.4 Å². The van der Waals surface area contributed by atoms with Crippen molar-refractivity contribution in [3.8, 4) is 0 Å². The van der Waals surface area contributed by atoms with E-state index in [1.165, 1.54) is 7.11 Å².